The van der Waals surface area contributed by atoms with E-state index in [4.69, 9.17) is 4.98 Å². The summed E-state index contributed by atoms with van der Waals surface area (Å²) >= 11 is 0. The highest BCUT2D eigenvalue weighted by Gasteiger charge is 2.26. The molecule has 5 heterocycles. The third-order valence-corrected chi connectivity index (χ3v) is 8.86. The monoisotopic (exact) mass is 523 g/mol. The van der Waals surface area contributed by atoms with Gasteiger partial charge in [0.25, 0.3) is 0 Å². The molecule has 41 heavy (non-hydrogen) atoms. The Hall–Kier alpha value is -5.55. The number of aromatic nitrogens is 5. The summed E-state index contributed by atoms with van der Waals surface area (Å²) in [6.45, 7) is 0. The molecule has 0 saturated carbocycles. The van der Waals surface area contributed by atoms with Gasteiger partial charge < -0.3 is 4.57 Å². The Labute approximate surface area is 234 Å². The number of hydrogen-bond donors (Lipinski definition) is 0. The van der Waals surface area contributed by atoms with Crippen molar-refractivity contribution >= 4 is 60.3 Å². The predicted molar refractivity (Wildman–Crippen MR) is 166 cm³/mol. The number of pyridine rings is 3. The Balaban J connectivity index is 1.31. The normalized spacial score (nSPS) is 12.8. The van der Waals surface area contributed by atoms with Crippen LogP contribution in [0, 0.1) is 0 Å². The molecule has 5 aromatic heterocycles. The molecular formula is C36H21N5. The van der Waals surface area contributed by atoms with Gasteiger partial charge in [-0.2, -0.15) is 0 Å². The van der Waals surface area contributed by atoms with E-state index in [1.807, 2.05) is 24.7 Å². The van der Waals surface area contributed by atoms with Crippen LogP contribution >= 0.6 is 0 Å². The largest absolute Gasteiger partial charge is 0.309 e. The van der Waals surface area contributed by atoms with Gasteiger partial charge >= 0.3 is 0 Å². The van der Waals surface area contributed by atoms with E-state index in [9.17, 15) is 0 Å². The SMILES string of the molecule is c1ccc(-n2c3ccccc3c3c4c(ccc32)-c2cc3c5cnccc5n5c6cccnc6nc5c3cc2C4)cc1. The first-order valence-electron chi connectivity index (χ1n) is 13.9. The van der Waals surface area contributed by atoms with Crippen LogP contribution in [0.4, 0.5) is 0 Å². The molecule has 5 heteroatoms. The van der Waals surface area contributed by atoms with Crippen molar-refractivity contribution in [3.63, 3.8) is 0 Å². The fraction of sp³-hybridized carbons (Fsp3) is 0.0278. The van der Waals surface area contributed by atoms with Crippen LogP contribution in [-0.4, -0.2) is 23.9 Å². The van der Waals surface area contributed by atoms with E-state index in [1.165, 1.54) is 55.1 Å². The minimum atomic E-state index is 0.761. The van der Waals surface area contributed by atoms with Crippen molar-refractivity contribution in [3.8, 4) is 16.8 Å². The maximum atomic E-state index is 5.02. The third kappa shape index (κ3) is 2.68. The molecule has 0 saturated heterocycles. The van der Waals surface area contributed by atoms with Crippen LogP contribution in [-0.2, 0) is 6.42 Å². The fourth-order valence-electron chi connectivity index (χ4n) is 7.19. The van der Waals surface area contributed by atoms with Crippen LogP contribution in [0.1, 0.15) is 11.1 Å². The van der Waals surface area contributed by atoms with E-state index in [-0.39, 0.29) is 0 Å². The molecule has 9 aromatic rings. The minimum absolute atomic E-state index is 0.761. The average molecular weight is 524 g/mol. The lowest BCUT2D eigenvalue weighted by Gasteiger charge is -2.11. The Morgan fingerprint density at radius 1 is 0.610 bits per heavy atom. The molecule has 1 aliphatic rings. The maximum Gasteiger partial charge on any atom is 0.178 e. The summed E-state index contributed by atoms with van der Waals surface area (Å²) in [6, 6.07) is 35.0. The lowest BCUT2D eigenvalue weighted by Crippen LogP contribution is -1.93. The van der Waals surface area contributed by atoms with Crippen molar-refractivity contribution in [2.45, 2.75) is 6.42 Å². The molecule has 0 amide bonds. The van der Waals surface area contributed by atoms with Gasteiger partial charge in [0.15, 0.2) is 5.65 Å². The average Bonchev–Trinajstić information content (AvgIpc) is 3.70. The molecule has 4 aromatic carbocycles. The van der Waals surface area contributed by atoms with Gasteiger partial charge in [0, 0.05) is 45.8 Å². The number of rotatable bonds is 1. The van der Waals surface area contributed by atoms with E-state index < -0.39 is 0 Å². The molecule has 0 bridgehead atoms. The lowest BCUT2D eigenvalue weighted by atomic mass is 9.98. The number of fused-ring (bicyclic) bond motifs is 15. The molecule has 0 spiro atoms. The van der Waals surface area contributed by atoms with E-state index in [1.54, 1.807) is 0 Å². The molecular weight excluding hydrogens is 502 g/mol. The van der Waals surface area contributed by atoms with Gasteiger partial charge in [-0.1, -0.05) is 42.5 Å². The van der Waals surface area contributed by atoms with Gasteiger partial charge in [-0.3, -0.25) is 9.38 Å². The second-order valence-corrected chi connectivity index (χ2v) is 10.9. The second-order valence-electron chi connectivity index (χ2n) is 10.9. The maximum absolute atomic E-state index is 5.02. The smallest absolute Gasteiger partial charge is 0.178 e. The van der Waals surface area contributed by atoms with Gasteiger partial charge in [0.2, 0.25) is 0 Å². The summed E-state index contributed by atoms with van der Waals surface area (Å²) in [5.74, 6) is 0. The molecule has 1 aliphatic carbocycles. The van der Waals surface area contributed by atoms with Crippen molar-refractivity contribution in [2.75, 3.05) is 0 Å². The van der Waals surface area contributed by atoms with Crippen LogP contribution in [0.2, 0.25) is 0 Å². The summed E-state index contributed by atoms with van der Waals surface area (Å²) in [6.07, 6.45) is 6.54. The van der Waals surface area contributed by atoms with Gasteiger partial charge in [-0.25, -0.2) is 9.97 Å². The number of para-hydroxylation sites is 2. The number of nitrogens with zero attached hydrogens (tertiary/aromatic N) is 5. The molecule has 190 valence electrons. The quantitative estimate of drug-likeness (QED) is 0.204. The van der Waals surface area contributed by atoms with Crippen molar-refractivity contribution in [1.82, 2.24) is 23.9 Å². The Kier molecular flexibility index (Phi) is 3.92. The van der Waals surface area contributed by atoms with Gasteiger partial charge in [-0.15, -0.1) is 0 Å². The van der Waals surface area contributed by atoms with Crippen LogP contribution in [0.5, 0.6) is 0 Å². The van der Waals surface area contributed by atoms with Gasteiger partial charge in [0.1, 0.15) is 5.65 Å². The summed E-state index contributed by atoms with van der Waals surface area (Å²) in [7, 11) is 0. The first kappa shape index (κ1) is 21.3. The summed E-state index contributed by atoms with van der Waals surface area (Å²) < 4.78 is 4.64. The molecule has 0 aliphatic heterocycles. The van der Waals surface area contributed by atoms with Crippen molar-refractivity contribution in [3.05, 3.63) is 127 Å². The predicted octanol–water partition coefficient (Wildman–Crippen LogP) is 8.25. The highest BCUT2D eigenvalue weighted by atomic mass is 15.1. The van der Waals surface area contributed by atoms with E-state index in [0.717, 1.165) is 39.5 Å². The molecule has 0 radical (unpaired) electrons. The van der Waals surface area contributed by atoms with Crippen molar-refractivity contribution in [1.29, 1.82) is 0 Å². The fourth-order valence-corrected chi connectivity index (χ4v) is 7.19. The van der Waals surface area contributed by atoms with Crippen LogP contribution < -0.4 is 0 Å². The topological polar surface area (TPSA) is 48.0 Å². The van der Waals surface area contributed by atoms with Gasteiger partial charge in [0.05, 0.1) is 22.1 Å². The van der Waals surface area contributed by atoms with Crippen LogP contribution in [0.15, 0.2) is 116 Å². The third-order valence-electron chi connectivity index (χ3n) is 8.86. The van der Waals surface area contributed by atoms with Gasteiger partial charge in [-0.05, 0) is 88.7 Å². The molecule has 0 fully saturated rings. The Morgan fingerprint density at radius 2 is 1.49 bits per heavy atom. The standard InChI is InChI=1S/C36H21N5/c1-2-7-22(8-3-1)40-30-10-5-4-9-24(30)34-27-17-21-18-28-26(19-25(21)23(27)12-13-32(34)40)29-20-37-16-14-31(29)41-33-11-6-15-38-35(33)39-36(28)41/h1-16,18-20H,17H2. The second kappa shape index (κ2) is 7.55. The number of benzene rings is 4. The Bertz CT molecular complexity index is 2550. The zero-order valence-corrected chi connectivity index (χ0v) is 21.9. The van der Waals surface area contributed by atoms with E-state index in [2.05, 4.69) is 110 Å². The highest BCUT2D eigenvalue weighted by Crippen LogP contribution is 2.46. The first-order valence-corrected chi connectivity index (χ1v) is 13.9. The first-order chi connectivity index (χ1) is 20.3. The summed E-state index contributed by atoms with van der Waals surface area (Å²) in [4.78, 5) is 14.1. The number of hydrogen-bond acceptors (Lipinski definition) is 3. The van der Waals surface area contributed by atoms with Crippen molar-refractivity contribution in [2.24, 2.45) is 0 Å². The lowest BCUT2D eigenvalue weighted by molar-refractivity contribution is 1.18. The summed E-state index contributed by atoms with van der Waals surface area (Å²) in [5, 5.41) is 6.07. The molecule has 0 N–H and O–H groups in total. The minimum Gasteiger partial charge on any atom is -0.309 e. The van der Waals surface area contributed by atoms with E-state index in [0.29, 0.717) is 0 Å². The van der Waals surface area contributed by atoms with Crippen LogP contribution in [0.3, 0.4) is 0 Å². The molecule has 0 atom stereocenters. The Morgan fingerprint density at radius 3 is 2.44 bits per heavy atom. The molecule has 0 unspecified atom stereocenters. The zero-order chi connectivity index (χ0) is 26.7. The molecule has 5 nitrogen and oxygen atoms in total. The summed E-state index contributed by atoms with van der Waals surface area (Å²) in [5.41, 5.74) is 12.8. The molecule has 10 rings (SSSR count). The van der Waals surface area contributed by atoms with Crippen molar-refractivity contribution < 1.29 is 0 Å². The number of imidazole rings is 1. The van der Waals surface area contributed by atoms with E-state index >= 15 is 0 Å². The highest BCUT2D eigenvalue weighted by molar-refractivity contribution is 6.17. The zero-order valence-electron chi connectivity index (χ0n) is 21.9. The van der Waals surface area contributed by atoms with Crippen LogP contribution in [0.25, 0.3) is 77.1 Å².